The van der Waals surface area contributed by atoms with E-state index < -0.39 is 5.91 Å². The van der Waals surface area contributed by atoms with Crippen molar-refractivity contribution in [1.29, 1.82) is 0 Å². The Labute approximate surface area is 154 Å². The van der Waals surface area contributed by atoms with E-state index in [-0.39, 0.29) is 23.6 Å². The van der Waals surface area contributed by atoms with Gasteiger partial charge in [0.15, 0.2) is 0 Å². The van der Waals surface area contributed by atoms with Crippen LogP contribution in [0.15, 0.2) is 29.2 Å². The van der Waals surface area contributed by atoms with E-state index in [0.29, 0.717) is 11.3 Å². The van der Waals surface area contributed by atoms with Gasteiger partial charge in [0, 0.05) is 16.2 Å². The topological polar surface area (TPSA) is 105 Å². The number of benzene rings is 1. The zero-order valence-electron chi connectivity index (χ0n) is 14.6. The van der Waals surface area contributed by atoms with Crippen LogP contribution in [0, 0.1) is 13.8 Å². The number of rotatable bonds is 3. The summed E-state index contributed by atoms with van der Waals surface area (Å²) >= 11 is 1.44. The quantitative estimate of drug-likeness (QED) is 0.705. The van der Waals surface area contributed by atoms with Crippen molar-refractivity contribution >= 4 is 35.2 Å². The number of aryl methyl sites for hydroxylation is 2. The maximum atomic E-state index is 12.2. The molecule has 0 aliphatic carbocycles. The average molecular weight is 373 g/mol. The molecule has 1 atom stereocenters. The number of hydrogen-bond donors (Lipinski definition) is 3. The summed E-state index contributed by atoms with van der Waals surface area (Å²) in [6.45, 7) is 5.53. The first kappa shape index (κ1) is 18.0. The molecule has 2 aromatic rings. The number of carbonyl (C=O) groups excluding carboxylic acids is 3. The molecule has 3 rings (SSSR count). The number of aromatic nitrogens is 2. The predicted molar refractivity (Wildman–Crippen MR) is 97.7 cm³/mol. The first-order valence-electron chi connectivity index (χ1n) is 8.05. The van der Waals surface area contributed by atoms with Crippen LogP contribution in [0.1, 0.15) is 28.7 Å². The molecule has 0 radical (unpaired) electrons. The van der Waals surface area contributed by atoms with Crippen LogP contribution >= 0.6 is 11.8 Å². The monoisotopic (exact) mass is 373 g/mol. The maximum absolute atomic E-state index is 12.2. The third kappa shape index (κ3) is 3.88. The molecule has 3 N–H and O–H groups in total. The van der Waals surface area contributed by atoms with Crippen LogP contribution < -0.4 is 16.2 Å². The Morgan fingerprint density at radius 3 is 2.73 bits per heavy atom. The summed E-state index contributed by atoms with van der Waals surface area (Å²) < 4.78 is 1.56. The Morgan fingerprint density at radius 1 is 1.27 bits per heavy atom. The molecule has 136 valence electrons. The molecule has 1 aliphatic heterocycles. The van der Waals surface area contributed by atoms with E-state index in [1.807, 2.05) is 26.8 Å². The van der Waals surface area contributed by atoms with E-state index in [0.717, 1.165) is 16.3 Å². The molecule has 26 heavy (non-hydrogen) atoms. The van der Waals surface area contributed by atoms with Gasteiger partial charge >= 0.3 is 0 Å². The third-order valence-corrected chi connectivity index (χ3v) is 5.06. The number of fused-ring (bicyclic) bond motifs is 1. The summed E-state index contributed by atoms with van der Waals surface area (Å²) in [5, 5.41) is 6.80. The molecule has 0 fully saturated rings. The van der Waals surface area contributed by atoms with Crippen LogP contribution in [-0.2, 0) is 16.1 Å². The fraction of sp³-hybridized carbons (Fsp3) is 0.294. The van der Waals surface area contributed by atoms with Gasteiger partial charge in [-0.25, -0.2) is 0 Å². The van der Waals surface area contributed by atoms with Crippen molar-refractivity contribution in [2.24, 2.45) is 0 Å². The number of hydrazine groups is 1. The Kier molecular flexibility index (Phi) is 4.99. The summed E-state index contributed by atoms with van der Waals surface area (Å²) in [6, 6.07) is 6.89. The van der Waals surface area contributed by atoms with Crippen LogP contribution in [0.2, 0.25) is 0 Å². The largest absolute Gasteiger partial charge is 0.324 e. The number of nitrogens with one attached hydrogen (secondary N) is 3. The van der Waals surface area contributed by atoms with Crippen molar-refractivity contribution in [3.05, 3.63) is 41.2 Å². The summed E-state index contributed by atoms with van der Waals surface area (Å²) in [6.07, 6.45) is 0. The van der Waals surface area contributed by atoms with Crippen molar-refractivity contribution in [3.8, 4) is 0 Å². The van der Waals surface area contributed by atoms with Crippen molar-refractivity contribution in [2.75, 3.05) is 5.32 Å². The maximum Gasteiger partial charge on any atom is 0.269 e. The molecule has 0 spiro atoms. The van der Waals surface area contributed by atoms with E-state index in [4.69, 9.17) is 0 Å². The van der Waals surface area contributed by atoms with Gasteiger partial charge in [-0.2, -0.15) is 5.10 Å². The van der Waals surface area contributed by atoms with Crippen molar-refractivity contribution < 1.29 is 14.4 Å². The minimum Gasteiger partial charge on any atom is -0.324 e. The third-order valence-electron chi connectivity index (χ3n) is 3.88. The lowest BCUT2D eigenvalue weighted by Gasteiger charge is -2.21. The van der Waals surface area contributed by atoms with Crippen molar-refractivity contribution in [2.45, 2.75) is 37.5 Å². The van der Waals surface area contributed by atoms with Gasteiger partial charge in [-0.1, -0.05) is 0 Å². The molecule has 1 aliphatic rings. The highest BCUT2D eigenvalue weighted by Crippen LogP contribution is 2.35. The molecular formula is C17H19N5O3S. The first-order valence-corrected chi connectivity index (χ1v) is 8.93. The summed E-state index contributed by atoms with van der Waals surface area (Å²) in [4.78, 5) is 36.9. The minimum atomic E-state index is -0.465. The molecule has 0 saturated heterocycles. The van der Waals surface area contributed by atoms with Crippen molar-refractivity contribution in [3.63, 3.8) is 0 Å². The van der Waals surface area contributed by atoms with Gasteiger partial charge in [0.05, 0.1) is 16.6 Å². The highest BCUT2D eigenvalue weighted by molar-refractivity contribution is 8.00. The second-order valence-corrected chi connectivity index (χ2v) is 7.43. The zero-order chi connectivity index (χ0) is 18.8. The zero-order valence-corrected chi connectivity index (χ0v) is 15.4. The highest BCUT2D eigenvalue weighted by atomic mass is 32.2. The summed E-state index contributed by atoms with van der Waals surface area (Å²) in [7, 11) is 0. The van der Waals surface area contributed by atoms with E-state index in [2.05, 4.69) is 21.3 Å². The summed E-state index contributed by atoms with van der Waals surface area (Å²) in [5.41, 5.74) is 7.36. The molecule has 1 aromatic carbocycles. The van der Waals surface area contributed by atoms with Gasteiger partial charge in [0.2, 0.25) is 5.91 Å². The number of carbonyl (C=O) groups is 3. The SMILES string of the molecule is Cc1cc(C)n(CC(=O)NNC(=O)c2ccc3c(c2)NC(=O)C(C)S3)n1. The molecule has 2 heterocycles. The number of hydrogen-bond acceptors (Lipinski definition) is 5. The van der Waals surface area contributed by atoms with Crippen molar-refractivity contribution in [1.82, 2.24) is 20.6 Å². The Hall–Kier alpha value is -2.81. The van der Waals surface area contributed by atoms with Gasteiger partial charge < -0.3 is 5.32 Å². The van der Waals surface area contributed by atoms with Gasteiger partial charge in [-0.15, -0.1) is 11.8 Å². The molecule has 1 aromatic heterocycles. The molecule has 8 nitrogen and oxygen atoms in total. The van der Waals surface area contributed by atoms with Crippen LogP contribution in [-0.4, -0.2) is 32.8 Å². The van der Waals surface area contributed by atoms with Gasteiger partial charge in [0.25, 0.3) is 11.8 Å². The fourth-order valence-electron chi connectivity index (χ4n) is 2.56. The lowest BCUT2D eigenvalue weighted by Crippen LogP contribution is -2.43. The van der Waals surface area contributed by atoms with E-state index in [9.17, 15) is 14.4 Å². The van der Waals surface area contributed by atoms with E-state index in [1.165, 1.54) is 11.8 Å². The number of amides is 3. The molecule has 9 heteroatoms. The second kappa shape index (κ2) is 7.20. The standard InChI is InChI=1S/C17H19N5O3S/c1-9-6-10(2)22(21-9)8-15(23)19-20-17(25)12-4-5-14-13(7-12)18-16(24)11(3)26-14/h4-7,11H,8H2,1-3H3,(H,18,24)(H,19,23)(H,20,25). The van der Waals surface area contributed by atoms with Crippen LogP contribution in [0.25, 0.3) is 0 Å². The van der Waals surface area contributed by atoms with Crippen LogP contribution in [0.4, 0.5) is 5.69 Å². The molecule has 0 bridgehead atoms. The second-order valence-electron chi connectivity index (χ2n) is 6.05. The Morgan fingerprint density at radius 2 is 2.04 bits per heavy atom. The highest BCUT2D eigenvalue weighted by Gasteiger charge is 2.23. The van der Waals surface area contributed by atoms with Gasteiger partial charge in [-0.05, 0) is 45.0 Å². The van der Waals surface area contributed by atoms with Gasteiger partial charge in [-0.3, -0.25) is 29.9 Å². The Bertz CT molecular complexity index is 893. The number of nitrogens with zero attached hydrogens (tertiary/aromatic N) is 2. The average Bonchev–Trinajstić information content (AvgIpc) is 2.90. The fourth-order valence-corrected chi connectivity index (χ4v) is 3.49. The minimum absolute atomic E-state index is 0.00866. The summed E-state index contributed by atoms with van der Waals surface area (Å²) in [5.74, 6) is -0.953. The van der Waals surface area contributed by atoms with Crippen LogP contribution in [0.3, 0.4) is 0 Å². The lowest BCUT2D eigenvalue weighted by atomic mass is 10.2. The predicted octanol–water partition coefficient (Wildman–Crippen LogP) is 1.39. The Balaban J connectivity index is 1.60. The molecule has 1 unspecified atom stereocenters. The lowest BCUT2D eigenvalue weighted by molar-refractivity contribution is -0.122. The molecule has 0 saturated carbocycles. The van der Waals surface area contributed by atoms with Gasteiger partial charge in [0.1, 0.15) is 6.54 Å². The normalized spacial score (nSPS) is 15.8. The smallest absolute Gasteiger partial charge is 0.269 e. The van der Waals surface area contributed by atoms with Crippen LogP contribution in [0.5, 0.6) is 0 Å². The number of anilines is 1. The van der Waals surface area contributed by atoms with E-state index in [1.54, 1.807) is 22.9 Å². The number of thioether (sulfide) groups is 1. The van der Waals surface area contributed by atoms with E-state index >= 15 is 0 Å². The molecular weight excluding hydrogens is 354 g/mol. The molecule has 3 amide bonds. The first-order chi connectivity index (χ1) is 12.3.